The van der Waals surface area contributed by atoms with Gasteiger partial charge < -0.3 is 10.5 Å². The Morgan fingerprint density at radius 3 is 2.48 bits per heavy atom. The second-order valence-corrected chi connectivity index (χ2v) is 4.85. The van der Waals surface area contributed by atoms with Crippen molar-refractivity contribution >= 4 is 0 Å². The highest BCUT2D eigenvalue weighted by Gasteiger charge is 2.30. The molecule has 21 heavy (non-hydrogen) atoms. The van der Waals surface area contributed by atoms with Crippen molar-refractivity contribution in [2.75, 3.05) is 0 Å². The predicted octanol–water partition coefficient (Wildman–Crippen LogP) is 4.30. The average molecular weight is 295 g/mol. The van der Waals surface area contributed by atoms with Crippen LogP contribution < -0.4 is 10.5 Å². The van der Waals surface area contributed by atoms with E-state index in [0.717, 1.165) is 17.7 Å². The van der Waals surface area contributed by atoms with Gasteiger partial charge in [-0.2, -0.15) is 13.2 Å². The van der Waals surface area contributed by atoms with Gasteiger partial charge >= 0.3 is 6.18 Å². The Morgan fingerprint density at radius 2 is 1.81 bits per heavy atom. The van der Waals surface area contributed by atoms with E-state index in [-0.39, 0.29) is 12.6 Å². The fourth-order valence-corrected chi connectivity index (χ4v) is 1.89. The lowest BCUT2D eigenvalue weighted by molar-refractivity contribution is -0.137. The molecular weight excluding hydrogens is 279 g/mol. The number of benzene rings is 2. The maximum Gasteiger partial charge on any atom is 0.416 e. The molecule has 0 radical (unpaired) electrons. The van der Waals surface area contributed by atoms with Crippen molar-refractivity contribution in [1.29, 1.82) is 0 Å². The molecule has 0 amide bonds. The lowest BCUT2D eigenvalue weighted by Gasteiger charge is -2.11. The molecule has 0 saturated heterocycles. The highest BCUT2D eigenvalue weighted by Crippen LogP contribution is 2.29. The van der Waals surface area contributed by atoms with Gasteiger partial charge in [0.15, 0.2) is 0 Å². The molecule has 0 fully saturated rings. The summed E-state index contributed by atoms with van der Waals surface area (Å²) >= 11 is 0. The minimum Gasteiger partial charge on any atom is -0.489 e. The number of nitrogens with two attached hydrogens (primary N) is 1. The summed E-state index contributed by atoms with van der Waals surface area (Å²) in [5.74, 6) is 0.585. The van der Waals surface area contributed by atoms with Crippen LogP contribution in [-0.2, 0) is 12.8 Å². The molecule has 5 heteroatoms. The Hall–Kier alpha value is -2.01. The van der Waals surface area contributed by atoms with Crippen LogP contribution in [0.25, 0.3) is 0 Å². The van der Waals surface area contributed by atoms with E-state index in [9.17, 15) is 13.2 Å². The van der Waals surface area contributed by atoms with Gasteiger partial charge in [0.1, 0.15) is 12.4 Å². The monoisotopic (exact) mass is 295 g/mol. The zero-order valence-electron chi connectivity index (χ0n) is 11.5. The summed E-state index contributed by atoms with van der Waals surface area (Å²) in [6, 6.07) is 12.2. The normalized spacial score (nSPS) is 13.0. The fraction of sp³-hybridized carbons (Fsp3) is 0.250. The molecule has 0 saturated carbocycles. The van der Waals surface area contributed by atoms with Gasteiger partial charge in [0.2, 0.25) is 0 Å². The Balaban J connectivity index is 2.08. The minimum absolute atomic E-state index is 0.0757. The van der Waals surface area contributed by atoms with Gasteiger partial charge in [0, 0.05) is 6.04 Å². The van der Waals surface area contributed by atoms with Crippen LogP contribution in [0.3, 0.4) is 0 Å². The highest BCUT2D eigenvalue weighted by molar-refractivity contribution is 5.31. The van der Waals surface area contributed by atoms with Gasteiger partial charge in [-0.05, 0) is 42.3 Å². The van der Waals surface area contributed by atoms with Gasteiger partial charge in [-0.1, -0.05) is 24.3 Å². The molecule has 0 spiro atoms. The molecule has 2 aromatic rings. The quantitative estimate of drug-likeness (QED) is 0.912. The third-order valence-corrected chi connectivity index (χ3v) is 3.04. The first-order valence-electron chi connectivity index (χ1n) is 6.51. The van der Waals surface area contributed by atoms with Crippen LogP contribution in [0, 0.1) is 0 Å². The van der Waals surface area contributed by atoms with E-state index in [2.05, 4.69) is 0 Å². The van der Waals surface area contributed by atoms with Crippen molar-refractivity contribution in [3.05, 3.63) is 65.2 Å². The first kappa shape index (κ1) is 15.4. The molecule has 2 nitrogen and oxygen atoms in total. The summed E-state index contributed by atoms with van der Waals surface area (Å²) in [6.45, 7) is 1.93. The Bertz CT molecular complexity index is 608. The second kappa shape index (κ2) is 6.18. The third-order valence-electron chi connectivity index (χ3n) is 3.04. The summed E-state index contributed by atoms with van der Waals surface area (Å²) in [5.41, 5.74) is 6.49. The van der Waals surface area contributed by atoms with E-state index in [0.29, 0.717) is 11.3 Å². The maximum atomic E-state index is 12.6. The summed E-state index contributed by atoms with van der Waals surface area (Å²) in [7, 11) is 0. The Kier molecular flexibility index (Phi) is 4.53. The largest absolute Gasteiger partial charge is 0.489 e. The standard InChI is InChI=1S/C16H16F3NO/c1-11(20)13-5-3-7-15(9-13)21-10-12-4-2-6-14(8-12)16(17,18)19/h2-9,11H,10,20H2,1H3/t11-/m0/s1. The topological polar surface area (TPSA) is 35.2 Å². The highest BCUT2D eigenvalue weighted by atomic mass is 19.4. The van der Waals surface area contributed by atoms with E-state index in [1.54, 1.807) is 24.3 Å². The van der Waals surface area contributed by atoms with Crippen molar-refractivity contribution in [3.8, 4) is 5.75 Å². The minimum atomic E-state index is -4.34. The molecule has 0 aromatic heterocycles. The van der Waals surface area contributed by atoms with E-state index < -0.39 is 11.7 Å². The fourth-order valence-electron chi connectivity index (χ4n) is 1.89. The SMILES string of the molecule is C[C@H](N)c1cccc(OCc2cccc(C(F)(F)F)c2)c1. The zero-order valence-corrected chi connectivity index (χ0v) is 11.5. The van der Waals surface area contributed by atoms with Gasteiger partial charge in [-0.3, -0.25) is 0 Å². The number of alkyl halides is 3. The Labute approximate surface area is 121 Å². The van der Waals surface area contributed by atoms with Gasteiger partial charge in [-0.25, -0.2) is 0 Å². The maximum absolute atomic E-state index is 12.6. The molecule has 2 rings (SSSR count). The van der Waals surface area contributed by atoms with Crippen molar-refractivity contribution in [2.24, 2.45) is 5.73 Å². The van der Waals surface area contributed by atoms with Crippen LogP contribution in [-0.4, -0.2) is 0 Å². The molecule has 0 bridgehead atoms. The molecule has 112 valence electrons. The third kappa shape index (κ3) is 4.23. The van der Waals surface area contributed by atoms with E-state index in [4.69, 9.17) is 10.5 Å². The summed E-state index contributed by atoms with van der Waals surface area (Å²) in [6.07, 6.45) is -4.34. The van der Waals surface area contributed by atoms with Gasteiger partial charge in [0.25, 0.3) is 0 Å². The number of hydrogen-bond donors (Lipinski definition) is 1. The van der Waals surface area contributed by atoms with Crippen molar-refractivity contribution < 1.29 is 17.9 Å². The van der Waals surface area contributed by atoms with Gasteiger partial charge in [0.05, 0.1) is 5.56 Å². The van der Waals surface area contributed by atoms with Gasteiger partial charge in [-0.15, -0.1) is 0 Å². The summed E-state index contributed by atoms with van der Waals surface area (Å²) in [5, 5.41) is 0. The van der Waals surface area contributed by atoms with Crippen molar-refractivity contribution in [2.45, 2.75) is 25.7 Å². The predicted molar refractivity (Wildman–Crippen MR) is 74.8 cm³/mol. The molecule has 0 aliphatic carbocycles. The van der Waals surface area contributed by atoms with Crippen molar-refractivity contribution in [1.82, 2.24) is 0 Å². The molecule has 0 aliphatic rings. The van der Waals surface area contributed by atoms with Crippen LogP contribution in [0.5, 0.6) is 5.75 Å². The molecule has 0 aliphatic heterocycles. The van der Waals surface area contributed by atoms with Crippen molar-refractivity contribution in [3.63, 3.8) is 0 Å². The number of rotatable bonds is 4. The first-order chi connectivity index (χ1) is 9.86. The van der Waals surface area contributed by atoms with Crippen LogP contribution in [0.1, 0.15) is 29.7 Å². The van der Waals surface area contributed by atoms with Crippen LogP contribution in [0.2, 0.25) is 0 Å². The van der Waals surface area contributed by atoms with E-state index in [1.807, 2.05) is 13.0 Å². The summed E-state index contributed by atoms with van der Waals surface area (Å²) in [4.78, 5) is 0. The molecule has 2 aromatic carbocycles. The number of halogens is 3. The molecule has 0 unspecified atom stereocenters. The Morgan fingerprint density at radius 1 is 1.10 bits per heavy atom. The van der Waals surface area contributed by atoms with Crippen LogP contribution in [0.15, 0.2) is 48.5 Å². The van der Waals surface area contributed by atoms with Crippen LogP contribution in [0.4, 0.5) is 13.2 Å². The molecule has 0 heterocycles. The molecule has 1 atom stereocenters. The molecule has 2 N–H and O–H groups in total. The number of hydrogen-bond acceptors (Lipinski definition) is 2. The van der Waals surface area contributed by atoms with E-state index in [1.165, 1.54) is 6.07 Å². The summed E-state index contributed by atoms with van der Waals surface area (Å²) < 4.78 is 43.4. The smallest absolute Gasteiger partial charge is 0.416 e. The van der Waals surface area contributed by atoms with E-state index >= 15 is 0 Å². The molecular formula is C16H16F3NO. The first-order valence-corrected chi connectivity index (χ1v) is 6.51. The average Bonchev–Trinajstić information content (AvgIpc) is 2.45. The lowest BCUT2D eigenvalue weighted by Crippen LogP contribution is -2.07. The lowest BCUT2D eigenvalue weighted by atomic mass is 10.1. The van der Waals surface area contributed by atoms with Crippen LogP contribution >= 0.6 is 0 Å². The number of ether oxygens (including phenoxy) is 1. The zero-order chi connectivity index (χ0) is 15.5. The second-order valence-electron chi connectivity index (χ2n) is 4.85.